The maximum Gasteiger partial charge on any atom is 0.315 e. The van der Waals surface area contributed by atoms with Gasteiger partial charge in [-0.25, -0.2) is 4.79 Å². The van der Waals surface area contributed by atoms with Gasteiger partial charge in [0.05, 0.1) is 0 Å². The van der Waals surface area contributed by atoms with E-state index >= 15 is 0 Å². The Morgan fingerprint density at radius 2 is 1.95 bits per heavy atom. The molecule has 0 unspecified atom stereocenters. The van der Waals surface area contributed by atoms with Crippen molar-refractivity contribution in [2.24, 2.45) is 0 Å². The van der Waals surface area contributed by atoms with Crippen molar-refractivity contribution in [2.45, 2.75) is 38.6 Å². The quantitative estimate of drug-likeness (QED) is 0.602. The zero-order chi connectivity index (χ0) is 14.6. The lowest BCUT2D eigenvalue weighted by Crippen LogP contribution is -2.35. The van der Waals surface area contributed by atoms with Crippen molar-refractivity contribution in [3.8, 4) is 0 Å². The fourth-order valence-electron chi connectivity index (χ4n) is 1.70. The Hall–Kier alpha value is -2.11. The van der Waals surface area contributed by atoms with Gasteiger partial charge in [-0.1, -0.05) is 18.9 Å². The number of aromatic nitrogens is 1. The molecule has 0 spiro atoms. The van der Waals surface area contributed by atoms with Crippen molar-refractivity contribution in [2.75, 3.05) is 6.54 Å². The molecule has 1 rings (SSSR count). The topological polar surface area (TPSA) is 91.3 Å². The second-order valence-corrected chi connectivity index (χ2v) is 4.53. The molecule has 20 heavy (non-hydrogen) atoms. The highest BCUT2D eigenvalue weighted by atomic mass is 16.4. The molecule has 0 aliphatic carbocycles. The van der Waals surface area contributed by atoms with E-state index in [-0.39, 0.29) is 12.5 Å². The number of hydrogen-bond donors (Lipinski definition) is 3. The van der Waals surface area contributed by atoms with Crippen LogP contribution in [0.4, 0.5) is 4.79 Å². The summed E-state index contributed by atoms with van der Waals surface area (Å²) >= 11 is 0. The molecule has 0 aliphatic heterocycles. The first-order chi connectivity index (χ1) is 9.68. The molecule has 2 amide bonds. The minimum atomic E-state index is -0.752. The molecule has 1 aromatic heterocycles. The van der Waals surface area contributed by atoms with Gasteiger partial charge in [-0.05, 0) is 24.5 Å². The number of aliphatic carboxylic acids is 1. The molecule has 0 saturated heterocycles. The van der Waals surface area contributed by atoms with E-state index in [4.69, 9.17) is 5.11 Å². The third-order valence-corrected chi connectivity index (χ3v) is 2.78. The molecule has 3 N–H and O–H groups in total. The van der Waals surface area contributed by atoms with E-state index in [0.717, 1.165) is 24.8 Å². The Morgan fingerprint density at radius 1 is 1.15 bits per heavy atom. The predicted octanol–water partition coefficient (Wildman–Crippen LogP) is 1.92. The normalized spacial score (nSPS) is 10.0. The number of rotatable bonds is 9. The minimum absolute atomic E-state index is 0.195. The van der Waals surface area contributed by atoms with Gasteiger partial charge in [0.25, 0.3) is 0 Å². The van der Waals surface area contributed by atoms with E-state index in [2.05, 4.69) is 15.6 Å². The number of nitrogens with one attached hydrogen (secondary N) is 2. The summed E-state index contributed by atoms with van der Waals surface area (Å²) in [6, 6.07) is 3.53. The van der Waals surface area contributed by atoms with Crippen molar-refractivity contribution < 1.29 is 14.7 Å². The summed E-state index contributed by atoms with van der Waals surface area (Å²) in [4.78, 5) is 25.7. The molecule has 0 atom stereocenters. The minimum Gasteiger partial charge on any atom is -0.481 e. The second kappa shape index (κ2) is 9.77. The molecule has 110 valence electrons. The van der Waals surface area contributed by atoms with Crippen LogP contribution in [0.15, 0.2) is 24.5 Å². The number of carboxylic acid groups (broad SMARTS) is 1. The van der Waals surface area contributed by atoms with Gasteiger partial charge >= 0.3 is 12.0 Å². The van der Waals surface area contributed by atoms with Crippen molar-refractivity contribution in [1.29, 1.82) is 0 Å². The van der Waals surface area contributed by atoms with E-state index in [9.17, 15) is 9.59 Å². The summed E-state index contributed by atoms with van der Waals surface area (Å²) in [6.07, 6.45) is 6.99. The fourth-order valence-corrected chi connectivity index (χ4v) is 1.70. The van der Waals surface area contributed by atoms with Crippen molar-refractivity contribution in [1.82, 2.24) is 15.6 Å². The molecule has 0 fully saturated rings. The number of urea groups is 1. The average molecular weight is 279 g/mol. The summed E-state index contributed by atoms with van der Waals surface area (Å²) < 4.78 is 0. The lowest BCUT2D eigenvalue weighted by molar-refractivity contribution is -0.137. The number of amides is 2. The van der Waals surface area contributed by atoms with E-state index in [1.165, 1.54) is 0 Å². The van der Waals surface area contributed by atoms with E-state index in [1.54, 1.807) is 12.4 Å². The first-order valence-electron chi connectivity index (χ1n) is 6.81. The maximum absolute atomic E-state index is 11.5. The average Bonchev–Trinajstić information content (AvgIpc) is 2.45. The number of nitrogens with zero attached hydrogens (tertiary/aromatic N) is 1. The standard InChI is InChI=1S/C14H21N3O3/c18-13(19)7-3-1-2-4-9-16-14(20)17-11-12-6-5-8-15-10-12/h5-6,8,10H,1-4,7,9,11H2,(H,18,19)(H2,16,17,20). The number of carboxylic acids is 1. The van der Waals surface area contributed by atoms with Crippen LogP contribution in [0.5, 0.6) is 0 Å². The lowest BCUT2D eigenvalue weighted by atomic mass is 10.1. The molecule has 0 aliphatic rings. The van der Waals surface area contributed by atoms with Crippen LogP contribution >= 0.6 is 0 Å². The van der Waals surface area contributed by atoms with Gasteiger partial charge in [-0.2, -0.15) is 0 Å². The Kier molecular flexibility index (Phi) is 7.79. The smallest absolute Gasteiger partial charge is 0.315 e. The highest BCUT2D eigenvalue weighted by Gasteiger charge is 2.00. The molecule has 1 heterocycles. The van der Waals surface area contributed by atoms with Crippen molar-refractivity contribution in [3.05, 3.63) is 30.1 Å². The summed E-state index contributed by atoms with van der Waals surface area (Å²) in [5, 5.41) is 14.0. The fraction of sp³-hybridized carbons (Fsp3) is 0.500. The Labute approximate surface area is 118 Å². The number of unbranched alkanes of at least 4 members (excludes halogenated alkanes) is 3. The van der Waals surface area contributed by atoms with Crippen LogP contribution in [0.2, 0.25) is 0 Å². The maximum atomic E-state index is 11.5. The Morgan fingerprint density at radius 3 is 2.65 bits per heavy atom. The van der Waals surface area contributed by atoms with Crippen molar-refractivity contribution >= 4 is 12.0 Å². The van der Waals surface area contributed by atoms with E-state index < -0.39 is 5.97 Å². The third-order valence-electron chi connectivity index (χ3n) is 2.78. The number of carbonyl (C=O) groups is 2. The Balaban J connectivity index is 1.96. The van der Waals surface area contributed by atoms with Gasteiger partial charge in [0.15, 0.2) is 0 Å². The first kappa shape index (κ1) is 15.9. The van der Waals surface area contributed by atoms with Crippen LogP contribution in [0.1, 0.15) is 37.7 Å². The Bertz CT molecular complexity index is 409. The molecule has 0 bridgehead atoms. The molecule has 6 nitrogen and oxygen atoms in total. The van der Waals surface area contributed by atoms with Gasteiger partial charge in [-0.15, -0.1) is 0 Å². The number of carbonyl (C=O) groups excluding carboxylic acids is 1. The molecular formula is C14H21N3O3. The summed E-state index contributed by atoms with van der Waals surface area (Å²) in [5.41, 5.74) is 0.955. The van der Waals surface area contributed by atoms with Crippen LogP contribution < -0.4 is 10.6 Å². The highest BCUT2D eigenvalue weighted by Crippen LogP contribution is 2.02. The zero-order valence-corrected chi connectivity index (χ0v) is 11.5. The summed E-state index contributed by atoms with van der Waals surface area (Å²) in [6.45, 7) is 1.06. The van der Waals surface area contributed by atoms with Crippen LogP contribution in [-0.4, -0.2) is 28.6 Å². The number of pyridine rings is 1. The molecular weight excluding hydrogens is 258 g/mol. The van der Waals surface area contributed by atoms with Gasteiger partial charge in [0, 0.05) is 31.9 Å². The number of hydrogen-bond acceptors (Lipinski definition) is 3. The third kappa shape index (κ3) is 8.07. The van der Waals surface area contributed by atoms with Gasteiger partial charge in [-0.3, -0.25) is 9.78 Å². The molecule has 1 aromatic rings. The van der Waals surface area contributed by atoms with Crippen LogP contribution in [-0.2, 0) is 11.3 Å². The molecule has 0 radical (unpaired) electrons. The van der Waals surface area contributed by atoms with Crippen molar-refractivity contribution in [3.63, 3.8) is 0 Å². The van der Waals surface area contributed by atoms with Gasteiger partial charge < -0.3 is 15.7 Å². The molecule has 0 aromatic carbocycles. The van der Waals surface area contributed by atoms with Gasteiger partial charge in [0.1, 0.15) is 0 Å². The highest BCUT2D eigenvalue weighted by molar-refractivity contribution is 5.73. The SMILES string of the molecule is O=C(O)CCCCCCNC(=O)NCc1cccnc1. The molecule has 0 saturated carbocycles. The lowest BCUT2D eigenvalue weighted by Gasteiger charge is -2.07. The van der Waals surface area contributed by atoms with Crippen LogP contribution in [0.25, 0.3) is 0 Å². The first-order valence-corrected chi connectivity index (χ1v) is 6.81. The predicted molar refractivity (Wildman–Crippen MR) is 75.2 cm³/mol. The molecule has 6 heteroatoms. The van der Waals surface area contributed by atoms with Crippen LogP contribution in [0, 0.1) is 0 Å². The largest absolute Gasteiger partial charge is 0.481 e. The second-order valence-electron chi connectivity index (χ2n) is 4.53. The zero-order valence-electron chi connectivity index (χ0n) is 11.5. The van der Waals surface area contributed by atoms with Gasteiger partial charge in [0.2, 0.25) is 0 Å². The van der Waals surface area contributed by atoms with E-state index in [0.29, 0.717) is 19.5 Å². The monoisotopic (exact) mass is 279 g/mol. The summed E-state index contributed by atoms with van der Waals surface area (Å²) in [5.74, 6) is -0.752. The summed E-state index contributed by atoms with van der Waals surface area (Å²) in [7, 11) is 0. The van der Waals surface area contributed by atoms with Crippen LogP contribution in [0.3, 0.4) is 0 Å². The van der Waals surface area contributed by atoms with E-state index in [1.807, 2.05) is 12.1 Å².